The molecule has 0 radical (unpaired) electrons. The van der Waals surface area contributed by atoms with E-state index in [2.05, 4.69) is 59.5 Å². The largest absolute Gasteiger partial charge is 0.348 e. The first-order valence-electron chi connectivity index (χ1n) is 6.55. The SMILES string of the molecule is CCNC(C)c1ccn(Cc2csc(CC)n2)c1. The fourth-order valence-electron chi connectivity index (χ4n) is 2.01. The molecule has 0 saturated heterocycles. The summed E-state index contributed by atoms with van der Waals surface area (Å²) in [7, 11) is 0. The van der Waals surface area contributed by atoms with Gasteiger partial charge in [-0.05, 0) is 31.5 Å². The van der Waals surface area contributed by atoms with Crippen molar-refractivity contribution in [1.82, 2.24) is 14.9 Å². The molecular formula is C14H21N3S. The van der Waals surface area contributed by atoms with E-state index in [9.17, 15) is 0 Å². The molecular weight excluding hydrogens is 242 g/mol. The third kappa shape index (κ3) is 3.21. The average molecular weight is 263 g/mol. The zero-order valence-corrected chi connectivity index (χ0v) is 12.1. The lowest BCUT2D eigenvalue weighted by atomic mass is 10.2. The highest BCUT2D eigenvalue weighted by molar-refractivity contribution is 7.09. The number of aryl methyl sites for hydroxylation is 1. The molecule has 0 fully saturated rings. The van der Waals surface area contributed by atoms with Crippen LogP contribution in [0, 0.1) is 0 Å². The van der Waals surface area contributed by atoms with Crippen molar-refractivity contribution in [2.75, 3.05) is 6.54 Å². The summed E-state index contributed by atoms with van der Waals surface area (Å²) in [5.74, 6) is 0. The lowest BCUT2D eigenvalue weighted by Crippen LogP contribution is -2.17. The van der Waals surface area contributed by atoms with Gasteiger partial charge in [0.15, 0.2) is 0 Å². The van der Waals surface area contributed by atoms with Crippen LogP contribution < -0.4 is 5.32 Å². The van der Waals surface area contributed by atoms with Crippen LogP contribution in [0.25, 0.3) is 0 Å². The van der Waals surface area contributed by atoms with Gasteiger partial charge in [0, 0.05) is 23.8 Å². The predicted octanol–water partition coefficient (Wildman–Crippen LogP) is 3.23. The fraction of sp³-hybridized carbons (Fsp3) is 0.500. The maximum atomic E-state index is 4.60. The number of thiazole rings is 1. The Morgan fingerprint density at radius 1 is 1.44 bits per heavy atom. The van der Waals surface area contributed by atoms with Gasteiger partial charge in [-0.2, -0.15) is 0 Å². The number of nitrogens with one attached hydrogen (secondary N) is 1. The maximum absolute atomic E-state index is 4.60. The fourth-order valence-corrected chi connectivity index (χ4v) is 2.74. The highest BCUT2D eigenvalue weighted by Crippen LogP contribution is 2.15. The second kappa shape index (κ2) is 6.16. The van der Waals surface area contributed by atoms with Gasteiger partial charge in [-0.3, -0.25) is 0 Å². The van der Waals surface area contributed by atoms with E-state index < -0.39 is 0 Å². The minimum Gasteiger partial charge on any atom is -0.348 e. The summed E-state index contributed by atoms with van der Waals surface area (Å²) in [6.45, 7) is 8.35. The first-order chi connectivity index (χ1) is 8.72. The van der Waals surface area contributed by atoms with E-state index >= 15 is 0 Å². The van der Waals surface area contributed by atoms with Crippen LogP contribution in [-0.4, -0.2) is 16.1 Å². The summed E-state index contributed by atoms with van der Waals surface area (Å²) in [4.78, 5) is 4.60. The molecule has 18 heavy (non-hydrogen) atoms. The summed E-state index contributed by atoms with van der Waals surface area (Å²) in [5.41, 5.74) is 2.50. The molecule has 2 rings (SSSR count). The van der Waals surface area contributed by atoms with E-state index in [1.807, 2.05) is 0 Å². The van der Waals surface area contributed by atoms with Crippen LogP contribution in [0.5, 0.6) is 0 Å². The van der Waals surface area contributed by atoms with E-state index in [0.29, 0.717) is 6.04 Å². The van der Waals surface area contributed by atoms with Crippen molar-refractivity contribution in [3.05, 3.63) is 40.1 Å². The third-order valence-electron chi connectivity index (χ3n) is 3.03. The molecule has 0 bridgehead atoms. The second-order valence-electron chi connectivity index (χ2n) is 4.48. The maximum Gasteiger partial charge on any atom is 0.0926 e. The minimum absolute atomic E-state index is 0.415. The molecule has 2 heterocycles. The summed E-state index contributed by atoms with van der Waals surface area (Å²) >= 11 is 1.75. The number of nitrogens with zero attached hydrogens (tertiary/aromatic N) is 2. The van der Waals surface area contributed by atoms with Crippen LogP contribution in [0.2, 0.25) is 0 Å². The van der Waals surface area contributed by atoms with Gasteiger partial charge in [-0.25, -0.2) is 4.98 Å². The van der Waals surface area contributed by atoms with Gasteiger partial charge in [0.25, 0.3) is 0 Å². The zero-order chi connectivity index (χ0) is 13.0. The van der Waals surface area contributed by atoms with Crippen LogP contribution in [0.15, 0.2) is 23.8 Å². The number of hydrogen-bond donors (Lipinski definition) is 1. The van der Waals surface area contributed by atoms with Gasteiger partial charge >= 0.3 is 0 Å². The first-order valence-corrected chi connectivity index (χ1v) is 7.43. The van der Waals surface area contributed by atoms with E-state index in [1.54, 1.807) is 11.3 Å². The normalized spacial score (nSPS) is 12.8. The molecule has 2 aromatic rings. The summed E-state index contributed by atoms with van der Waals surface area (Å²) in [6, 6.07) is 2.60. The highest BCUT2D eigenvalue weighted by Gasteiger charge is 2.06. The lowest BCUT2D eigenvalue weighted by Gasteiger charge is -2.09. The topological polar surface area (TPSA) is 29.9 Å². The molecule has 0 aliphatic rings. The van der Waals surface area contributed by atoms with Crippen molar-refractivity contribution in [3.8, 4) is 0 Å². The predicted molar refractivity (Wildman–Crippen MR) is 77.1 cm³/mol. The van der Waals surface area contributed by atoms with Crippen LogP contribution in [0.4, 0.5) is 0 Å². The van der Waals surface area contributed by atoms with Gasteiger partial charge in [-0.15, -0.1) is 11.3 Å². The molecule has 0 spiro atoms. The number of rotatable bonds is 6. The van der Waals surface area contributed by atoms with Crippen molar-refractivity contribution < 1.29 is 0 Å². The Balaban J connectivity index is 2.01. The van der Waals surface area contributed by atoms with Gasteiger partial charge in [0.2, 0.25) is 0 Å². The van der Waals surface area contributed by atoms with Gasteiger partial charge in [0.05, 0.1) is 17.2 Å². The molecule has 0 aliphatic heterocycles. The number of hydrogen-bond acceptors (Lipinski definition) is 3. The van der Waals surface area contributed by atoms with Crippen molar-refractivity contribution in [2.24, 2.45) is 0 Å². The third-order valence-corrected chi connectivity index (χ3v) is 4.07. The second-order valence-corrected chi connectivity index (χ2v) is 5.43. The van der Waals surface area contributed by atoms with Gasteiger partial charge in [-0.1, -0.05) is 13.8 Å². The minimum atomic E-state index is 0.415. The van der Waals surface area contributed by atoms with E-state index in [-0.39, 0.29) is 0 Å². The molecule has 2 aromatic heterocycles. The number of aromatic nitrogens is 2. The molecule has 0 aliphatic carbocycles. The van der Waals surface area contributed by atoms with Crippen LogP contribution >= 0.6 is 11.3 Å². The Morgan fingerprint density at radius 2 is 2.28 bits per heavy atom. The molecule has 3 nitrogen and oxygen atoms in total. The summed E-state index contributed by atoms with van der Waals surface area (Å²) < 4.78 is 2.21. The molecule has 1 unspecified atom stereocenters. The van der Waals surface area contributed by atoms with Crippen molar-refractivity contribution in [3.63, 3.8) is 0 Å². The molecule has 0 amide bonds. The van der Waals surface area contributed by atoms with Crippen LogP contribution in [-0.2, 0) is 13.0 Å². The zero-order valence-electron chi connectivity index (χ0n) is 11.3. The summed E-state index contributed by atoms with van der Waals surface area (Å²) in [5, 5.41) is 6.81. The molecule has 0 aromatic carbocycles. The molecule has 98 valence electrons. The Kier molecular flexibility index (Phi) is 4.55. The van der Waals surface area contributed by atoms with E-state index in [4.69, 9.17) is 0 Å². The van der Waals surface area contributed by atoms with Crippen molar-refractivity contribution >= 4 is 11.3 Å². The monoisotopic (exact) mass is 263 g/mol. The first kappa shape index (κ1) is 13.3. The van der Waals surface area contributed by atoms with Crippen molar-refractivity contribution in [1.29, 1.82) is 0 Å². The quantitative estimate of drug-likeness (QED) is 0.867. The van der Waals surface area contributed by atoms with Gasteiger partial charge in [0.1, 0.15) is 0 Å². The van der Waals surface area contributed by atoms with Gasteiger partial charge < -0.3 is 9.88 Å². The Morgan fingerprint density at radius 3 is 2.94 bits per heavy atom. The Labute approximate surface area is 113 Å². The van der Waals surface area contributed by atoms with Crippen LogP contribution in [0.3, 0.4) is 0 Å². The average Bonchev–Trinajstić information content (AvgIpc) is 2.99. The Bertz CT molecular complexity index is 487. The molecule has 1 N–H and O–H groups in total. The lowest BCUT2D eigenvalue weighted by molar-refractivity contribution is 0.596. The molecule has 0 saturated carbocycles. The van der Waals surface area contributed by atoms with E-state index in [0.717, 1.165) is 25.2 Å². The van der Waals surface area contributed by atoms with E-state index in [1.165, 1.54) is 10.6 Å². The summed E-state index contributed by atoms with van der Waals surface area (Å²) in [6.07, 6.45) is 5.37. The Hall–Kier alpha value is -1.13. The molecule has 1 atom stereocenters. The van der Waals surface area contributed by atoms with Crippen LogP contribution in [0.1, 0.15) is 43.1 Å². The van der Waals surface area contributed by atoms with Crippen molar-refractivity contribution in [2.45, 2.75) is 39.8 Å². The smallest absolute Gasteiger partial charge is 0.0926 e. The highest BCUT2D eigenvalue weighted by atomic mass is 32.1. The molecule has 4 heteroatoms. The standard InChI is InChI=1S/C14H21N3S/c1-4-14-16-13(10-18-14)9-17-7-6-12(8-17)11(3)15-5-2/h6-8,10-11,15H,4-5,9H2,1-3H3.